The number of nitrogens with zero attached hydrogens (tertiary/aromatic N) is 1. The van der Waals surface area contributed by atoms with Gasteiger partial charge in [0.25, 0.3) is 0 Å². The molecule has 1 heterocycles. The van der Waals surface area contributed by atoms with E-state index < -0.39 is 23.2 Å². The fourth-order valence-electron chi connectivity index (χ4n) is 6.28. The maximum Gasteiger partial charge on any atom is 0.234 e. The van der Waals surface area contributed by atoms with Gasteiger partial charge in [-0.15, -0.1) is 0 Å². The largest absolute Gasteiger partial charge is 0.298 e. The van der Waals surface area contributed by atoms with E-state index in [1.54, 1.807) is 0 Å². The van der Waals surface area contributed by atoms with Crippen LogP contribution < -0.4 is 0 Å². The number of carbonyl (C=O) groups is 4. The van der Waals surface area contributed by atoms with Crippen molar-refractivity contribution < 1.29 is 19.2 Å². The van der Waals surface area contributed by atoms with Gasteiger partial charge in [-0.2, -0.15) is 0 Å². The molecule has 0 aromatic rings. The molecule has 1 saturated heterocycles. The lowest BCUT2D eigenvalue weighted by molar-refractivity contribution is -0.148. The number of hydrogen-bond acceptors (Lipinski definition) is 4. The summed E-state index contributed by atoms with van der Waals surface area (Å²) < 4.78 is 0. The lowest BCUT2D eigenvalue weighted by Crippen LogP contribution is -2.46. The van der Waals surface area contributed by atoms with Gasteiger partial charge in [-0.1, -0.05) is 19.4 Å². The first-order valence-electron chi connectivity index (χ1n) is 8.68. The summed E-state index contributed by atoms with van der Waals surface area (Å²) in [5.41, 5.74) is -0.457. The number of unbranched alkanes of at least 4 members (excludes halogenated alkanes) is 1. The van der Waals surface area contributed by atoms with E-state index in [1.807, 2.05) is 13.0 Å². The summed E-state index contributed by atoms with van der Waals surface area (Å²) in [4.78, 5) is 53.1. The lowest BCUT2D eigenvalue weighted by atomic mass is 9.62. The van der Waals surface area contributed by atoms with Gasteiger partial charge in [-0.3, -0.25) is 24.1 Å². The second kappa shape index (κ2) is 4.00. The Morgan fingerprint density at radius 2 is 1.96 bits per heavy atom. The van der Waals surface area contributed by atoms with Crippen molar-refractivity contribution in [1.29, 1.82) is 0 Å². The van der Waals surface area contributed by atoms with Crippen LogP contribution >= 0.6 is 0 Å². The second-order valence-corrected chi connectivity index (χ2v) is 7.71. The maximum atomic E-state index is 13.0. The first kappa shape index (κ1) is 13.6. The van der Waals surface area contributed by atoms with Crippen LogP contribution in [0.5, 0.6) is 0 Å². The maximum absolute atomic E-state index is 13.0. The van der Waals surface area contributed by atoms with Gasteiger partial charge >= 0.3 is 0 Å². The molecule has 4 fully saturated rings. The fraction of sp³-hybridized carbons (Fsp3) is 0.667. The van der Waals surface area contributed by atoms with Crippen LogP contribution in [-0.2, 0) is 19.2 Å². The SMILES string of the molecule is CCCCN1C(=O)C2C3C(=O)C4(C(=O)C5=CCC3C4C5)C2C1=O. The second-order valence-electron chi connectivity index (χ2n) is 7.71. The Kier molecular flexibility index (Phi) is 2.37. The first-order valence-corrected chi connectivity index (χ1v) is 8.68. The van der Waals surface area contributed by atoms with Gasteiger partial charge in [0.05, 0.1) is 11.8 Å². The molecule has 6 atom stereocenters. The molecular weight excluding hydrogens is 294 g/mol. The number of hydrogen-bond donors (Lipinski definition) is 0. The van der Waals surface area contributed by atoms with E-state index in [0.717, 1.165) is 18.4 Å². The van der Waals surface area contributed by atoms with Crippen molar-refractivity contribution in [3.05, 3.63) is 11.6 Å². The van der Waals surface area contributed by atoms with E-state index in [-0.39, 0.29) is 35.2 Å². The summed E-state index contributed by atoms with van der Waals surface area (Å²) in [6.45, 7) is 2.43. The minimum atomic E-state index is -1.18. The smallest absolute Gasteiger partial charge is 0.234 e. The van der Waals surface area contributed by atoms with Crippen molar-refractivity contribution in [1.82, 2.24) is 4.90 Å². The van der Waals surface area contributed by atoms with E-state index in [0.29, 0.717) is 19.4 Å². The van der Waals surface area contributed by atoms with E-state index in [9.17, 15) is 19.2 Å². The molecule has 5 nitrogen and oxygen atoms in total. The molecule has 23 heavy (non-hydrogen) atoms. The lowest BCUT2D eigenvalue weighted by Gasteiger charge is -2.36. The van der Waals surface area contributed by atoms with Crippen LogP contribution in [0.2, 0.25) is 0 Å². The summed E-state index contributed by atoms with van der Waals surface area (Å²) >= 11 is 0. The third kappa shape index (κ3) is 1.19. The average molecular weight is 313 g/mol. The molecule has 5 rings (SSSR count). The Morgan fingerprint density at radius 1 is 1.17 bits per heavy atom. The average Bonchev–Trinajstić information content (AvgIpc) is 3.15. The molecule has 0 aromatic carbocycles. The summed E-state index contributed by atoms with van der Waals surface area (Å²) in [5, 5.41) is 0. The highest BCUT2D eigenvalue weighted by molar-refractivity contribution is 6.27. The van der Waals surface area contributed by atoms with Gasteiger partial charge in [-0.25, -0.2) is 0 Å². The van der Waals surface area contributed by atoms with Crippen molar-refractivity contribution in [2.45, 2.75) is 32.6 Å². The molecule has 4 aliphatic carbocycles. The Bertz CT molecular complexity index is 723. The van der Waals surface area contributed by atoms with Crippen molar-refractivity contribution in [3.63, 3.8) is 0 Å². The molecule has 0 aromatic heterocycles. The summed E-state index contributed by atoms with van der Waals surface area (Å²) in [6.07, 6.45) is 4.97. The molecule has 5 heteroatoms. The highest BCUT2D eigenvalue weighted by Gasteiger charge is 2.83. The van der Waals surface area contributed by atoms with Crippen LogP contribution in [-0.4, -0.2) is 34.8 Å². The minimum Gasteiger partial charge on any atom is -0.298 e. The van der Waals surface area contributed by atoms with Crippen LogP contribution in [0.1, 0.15) is 32.6 Å². The normalized spacial score (nSPS) is 46.0. The zero-order valence-corrected chi connectivity index (χ0v) is 13.1. The first-order chi connectivity index (χ1) is 11.0. The Hall–Kier alpha value is -1.78. The van der Waals surface area contributed by atoms with E-state index >= 15 is 0 Å². The van der Waals surface area contributed by atoms with Crippen molar-refractivity contribution >= 4 is 23.4 Å². The standard InChI is InChI=1S/C18H19NO4/c1-2-3-6-19-16(22)12-11-9-5-4-8-7-10(9)18(14(8)20,15(11)21)13(12)17(19)23/h4,9-13H,2-3,5-7H2,1H3. The Morgan fingerprint density at radius 3 is 2.70 bits per heavy atom. The van der Waals surface area contributed by atoms with Gasteiger partial charge in [-0.05, 0) is 36.7 Å². The Labute approximate surface area is 134 Å². The van der Waals surface area contributed by atoms with Gasteiger partial charge in [0.15, 0.2) is 11.6 Å². The van der Waals surface area contributed by atoms with Crippen LogP contribution in [0.25, 0.3) is 0 Å². The number of imide groups is 1. The number of fused-ring (bicyclic) bond motifs is 5. The molecule has 0 N–H and O–H groups in total. The highest BCUT2D eigenvalue weighted by Crippen LogP contribution is 2.72. The van der Waals surface area contributed by atoms with E-state index in [4.69, 9.17) is 0 Å². The van der Waals surface area contributed by atoms with Crippen LogP contribution in [0, 0.1) is 35.0 Å². The number of Topliss-reactive ketones (excluding diaryl/α,β-unsaturated/α-hetero) is 2. The highest BCUT2D eigenvalue weighted by atomic mass is 16.2. The molecule has 1 spiro atoms. The summed E-state index contributed by atoms with van der Waals surface area (Å²) in [6, 6.07) is 0. The van der Waals surface area contributed by atoms with Crippen molar-refractivity contribution in [2.75, 3.05) is 6.54 Å². The molecule has 2 amide bonds. The van der Waals surface area contributed by atoms with Gasteiger partial charge in [0, 0.05) is 12.5 Å². The van der Waals surface area contributed by atoms with E-state index in [1.165, 1.54) is 4.90 Å². The van der Waals surface area contributed by atoms with Gasteiger partial charge < -0.3 is 0 Å². The van der Waals surface area contributed by atoms with Crippen molar-refractivity contribution in [2.24, 2.45) is 35.0 Å². The van der Waals surface area contributed by atoms with E-state index in [2.05, 4.69) is 0 Å². The number of likely N-dealkylation sites (tertiary alicyclic amines) is 1. The van der Waals surface area contributed by atoms with Crippen LogP contribution in [0.3, 0.4) is 0 Å². The predicted molar refractivity (Wildman–Crippen MR) is 78.8 cm³/mol. The van der Waals surface area contributed by atoms with Crippen LogP contribution in [0.4, 0.5) is 0 Å². The van der Waals surface area contributed by atoms with Crippen LogP contribution in [0.15, 0.2) is 11.6 Å². The minimum absolute atomic E-state index is 0.0309. The molecule has 6 unspecified atom stereocenters. The Balaban J connectivity index is 1.66. The van der Waals surface area contributed by atoms with Crippen molar-refractivity contribution in [3.8, 4) is 0 Å². The molecular formula is C18H19NO4. The van der Waals surface area contributed by atoms with Gasteiger partial charge in [0.1, 0.15) is 5.41 Å². The summed E-state index contributed by atoms with van der Waals surface area (Å²) in [5.74, 6) is -2.31. The molecule has 0 radical (unpaired) electrons. The number of ketones is 2. The number of allylic oxidation sites excluding steroid dienone is 2. The third-order valence-electron chi connectivity index (χ3n) is 7.07. The zero-order valence-electron chi connectivity index (χ0n) is 13.1. The van der Waals surface area contributed by atoms with Gasteiger partial charge in [0.2, 0.25) is 11.8 Å². The molecule has 120 valence electrons. The topological polar surface area (TPSA) is 71.5 Å². The quantitative estimate of drug-likeness (QED) is 0.578. The molecule has 4 bridgehead atoms. The number of amides is 2. The summed E-state index contributed by atoms with van der Waals surface area (Å²) in [7, 11) is 0. The predicted octanol–water partition coefficient (Wildman–Crippen LogP) is 1.12. The molecule has 5 aliphatic rings. The number of carbonyl (C=O) groups excluding carboxylic acids is 4. The zero-order chi connectivity index (χ0) is 16.1. The molecule has 3 saturated carbocycles. The fourth-order valence-corrected chi connectivity index (χ4v) is 6.28. The number of rotatable bonds is 3. The molecule has 1 aliphatic heterocycles. The third-order valence-corrected chi connectivity index (χ3v) is 7.07. The monoisotopic (exact) mass is 313 g/mol.